The summed E-state index contributed by atoms with van der Waals surface area (Å²) >= 11 is 0. The lowest BCUT2D eigenvalue weighted by Crippen LogP contribution is -2.50. The van der Waals surface area contributed by atoms with E-state index in [1.807, 2.05) is 61.5 Å². The molecule has 6 nitrogen and oxygen atoms in total. The zero-order valence-corrected chi connectivity index (χ0v) is 17.2. The fraction of sp³-hybridized carbons (Fsp3) is 0.435. The van der Waals surface area contributed by atoms with Crippen molar-refractivity contribution in [3.63, 3.8) is 0 Å². The van der Waals surface area contributed by atoms with Crippen LogP contribution in [0.2, 0.25) is 0 Å². The standard InChI is InChI=1S/C23H31N3O3/c1-20-6-5-9-22(18-20)28-16-10-24-23(27)19-26-13-11-25(12-14-26)15-17-29-21-7-3-2-4-8-21/h2-9,18H,10-17,19H2,1H3,(H,24,27). The van der Waals surface area contributed by atoms with Gasteiger partial charge in [0.15, 0.2) is 0 Å². The molecule has 1 aliphatic rings. The van der Waals surface area contributed by atoms with E-state index in [1.165, 1.54) is 0 Å². The summed E-state index contributed by atoms with van der Waals surface area (Å²) in [6, 6.07) is 17.8. The van der Waals surface area contributed by atoms with E-state index in [9.17, 15) is 4.79 Å². The van der Waals surface area contributed by atoms with Crippen molar-refractivity contribution >= 4 is 5.91 Å². The van der Waals surface area contributed by atoms with Crippen molar-refractivity contribution in [3.05, 3.63) is 60.2 Å². The normalized spacial score (nSPS) is 15.1. The molecule has 6 heteroatoms. The molecular formula is C23H31N3O3. The van der Waals surface area contributed by atoms with E-state index in [0.717, 1.165) is 49.8 Å². The molecule has 0 spiro atoms. The number of amides is 1. The Morgan fingerprint density at radius 2 is 1.59 bits per heavy atom. The van der Waals surface area contributed by atoms with Gasteiger partial charge in [0.25, 0.3) is 0 Å². The maximum absolute atomic E-state index is 12.1. The average Bonchev–Trinajstić information content (AvgIpc) is 2.73. The molecule has 0 radical (unpaired) electrons. The molecule has 1 saturated heterocycles. The van der Waals surface area contributed by atoms with Gasteiger partial charge in [-0.25, -0.2) is 0 Å². The minimum atomic E-state index is 0.0544. The molecule has 1 heterocycles. The summed E-state index contributed by atoms with van der Waals surface area (Å²) in [7, 11) is 0. The zero-order valence-electron chi connectivity index (χ0n) is 17.2. The van der Waals surface area contributed by atoms with Crippen LogP contribution in [0, 0.1) is 6.92 Å². The van der Waals surface area contributed by atoms with Crippen molar-refractivity contribution in [1.29, 1.82) is 0 Å². The Labute approximate surface area is 173 Å². The summed E-state index contributed by atoms with van der Waals surface area (Å²) in [6.07, 6.45) is 0. The predicted octanol–water partition coefficient (Wildman–Crippen LogP) is 2.19. The van der Waals surface area contributed by atoms with Gasteiger partial charge in [-0.2, -0.15) is 0 Å². The molecule has 2 aromatic carbocycles. The van der Waals surface area contributed by atoms with Gasteiger partial charge in [-0.15, -0.1) is 0 Å². The number of hydrogen-bond donors (Lipinski definition) is 1. The second kappa shape index (κ2) is 11.4. The van der Waals surface area contributed by atoms with E-state index in [-0.39, 0.29) is 5.91 Å². The number of nitrogens with zero attached hydrogens (tertiary/aromatic N) is 2. The first-order chi connectivity index (χ1) is 14.2. The van der Waals surface area contributed by atoms with E-state index in [1.54, 1.807) is 0 Å². The quantitative estimate of drug-likeness (QED) is 0.623. The van der Waals surface area contributed by atoms with Gasteiger partial charge >= 0.3 is 0 Å². The molecule has 1 fully saturated rings. The molecule has 2 aromatic rings. The first kappa shape index (κ1) is 21.1. The molecule has 156 valence electrons. The zero-order chi connectivity index (χ0) is 20.3. The summed E-state index contributed by atoms with van der Waals surface area (Å²) in [5, 5.41) is 2.94. The third-order valence-corrected chi connectivity index (χ3v) is 4.93. The smallest absolute Gasteiger partial charge is 0.234 e. The Morgan fingerprint density at radius 1 is 0.897 bits per heavy atom. The van der Waals surface area contributed by atoms with Crippen molar-refractivity contribution in [2.24, 2.45) is 0 Å². The van der Waals surface area contributed by atoms with Crippen LogP contribution in [0.3, 0.4) is 0 Å². The van der Waals surface area contributed by atoms with Gasteiger partial charge in [-0.1, -0.05) is 30.3 Å². The minimum absolute atomic E-state index is 0.0544. The van der Waals surface area contributed by atoms with Gasteiger partial charge in [0.2, 0.25) is 5.91 Å². The largest absolute Gasteiger partial charge is 0.492 e. The maximum Gasteiger partial charge on any atom is 0.234 e. The SMILES string of the molecule is Cc1cccc(OCCNC(=O)CN2CCN(CCOc3ccccc3)CC2)c1. The van der Waals surface area contributed by atoms with Crippen LogP contribution in [0.25, 0.3) is 0 Å². The van der Waals surface area contributed by atoms with Crippen molar-refractivity contribution in [2.75, 3.05) is 59.0 Å². The molecule has 1 aliphatic heterocycles. The minimum Gasteiger partial charge on any atom is -0.492 e. The molecule has 0 aliphatic carbocycles. The van der Waals surface area contributed by atoms with E-state index >= 15 is 0 Å². The molecular weight excluding hydrogens is 366 g/mol. The molecule has 29 heavy (non-hydrogen) atoms. The Hall–Kier alpha value is -2.57. The molecule has 1 amide bonds. The van der Waals surface area contributed by atoms with E-state index in [4.69, 9.17) is 9.47 Å². The highest BCUT2D eigenvalue weighted by atomic mass is 16.5. The lowest BCUT2D eigenvalue weighted by atomic mass is 10.2. The first-order valence-corrected chi connectivity index (χ1v) is 10.3. The lowest BCUT2D eigenvalue weighted by Gasteiger charge is -2.34. The summed E-state index contributed by atoms with van der Waals surface area (Å²) < 4.78 is 11.4. The number of carbonyl (C=O) groups excluding carboxylic acids is 1. The number of piperazine rings is 1. The summed E-state index contributed by atoms with van der Waals surface area (Å²) in [5.74, 6) is 1.81. The van der Waals surface area contributed by atoms with Gasteiger partial charge in [-0.3, -0.25) is 14.6 Å². The van der Waals surface area contributed by atoms with Crippen LogP contribution < -0.4 is 14.8 Å². The monoisotopic (exact) mass is 397 g/mol. The number of carbonyl (C=O) groups is 1. The van der Waals surface area contributed by atoms with Crippen LogP contribution in [0.15, 0.2) is 54.6 Å². The second-order valence-electron chi connectivity index (χ2n) is 7.29. The summed E-state index contributed by atoms with van der Waals surface area (Å²) in [5.41, 5.74) is 1.16. The third kappa shape index (κ3) is 7.75. The van der Waals surface area contributed by atoms with Crippen LogP contribution in [0.1, 0.15) is 5.56 Å². The predicted molar refractivity (Wildman–Crippen MR) is 115 cm³/mol. The maximum atomic E-state index is 12.1. The molecule has 0 unspecified atom stereocenters. The second-order valence-corrected chi connectivity index (χ2v) is 7.29. The summed E-state index contributed by atoms with van der Waals surface area (Å²) in [4.78, 5) is 16.7. The van der Waals surface area contributed by atoms with E-state index in [0.29, 0.717) is 26.3 Å². The van der Waals surface area contributed by atoms with Crippen LogP contribution in [0.4, 0.5) is 0 Å². The van der Waals surface area contributed by atoms with Crippen molar-refractivity contribution in [3.8, 4) is 11.5 Å². The Balaban J connectivity index is 1.24. The van der Waals surface area contributed by atoms with Crippen LogP contribution in [-0.4, -0.2) is 74.7 Å². The van der Waals surface area contributed by atoms with E-state index < -0.39 is 0 Å². The molecule has 0 atom stereocenters. The molecule has 3 rings (SSSR count). The fourth-order valence-corrected chi connectivity index (χ4v) is 3.30. The highest BCUT2D eigenvalue weighted by molar-refractivity contribution is 5.78. The number of aryl methyl sites for hydroxylation is 1. The highest BCUT2D eigenvalue weighted by Crippen LogP contribution is 2.12. The molecule has 0 saturated carbocycles. The Morgan fingerprint density at radius 3 is 2.34 bits per heavy atom. The van der Waals surface area contributed by atoms with Crippen molar-refractivity contribution in [2.45, 2.75) is 6.92 Å². The number of para-hydroxylation sites is 1. The average molecular weight is 398 g/mol. The number of ether oxygens (including phenoxy) is 2. The van der Waals surface area contributed by atoms with Gasteiger partial charge in [0, 0.05) is 32.7 Å². The summed E-state index contributed by atoms with van der Waals surface area (Å²) in [6.45, 7) is 8.79. The molecule has 1 N–H and O–H groups in total. The first-order valence-electron chi connectivity index (χ1n) is 10.3. The van der Waals surface area contributed by atoms with Crippen molar-refractivity contribution in [1.82, 2.24) is 15.1 Å². The molecule has 0 bridgehead atoms. The number of rotatable bonds is 10. The Kier molecular flexibility index (Phi) is 8.34. The third-order valence-electron chi connectivity index (χ3n) is 4.93. The lowest BCUT2D eigenvalue weighted by molar-refractivity contribution is -0.122. The van der Waals surface area contributed by atoms with Gasteiger partial charge < -0.3 is 14.8 Å². The topological polar surface area (TPSA) is 54.0 Å². The van der Waals surface area contributed by atoms with Gasteiger partial charge in [0.05, 0.1) is 13.1 Å². The van der Waals surface area contributed by atoms with Gasteiger partial charge in [0.1, 0.15) is 24.7 Å². The fourth-order valence-electron chi connectivity index (χ4n) is 3.30. The van der Waals surface area contributed by atoms with Gasteiger partial charge in [-0.05, 0) is 36.8 Å². The Bertz CT molecular complexity index is 746. The number of nitrogens with one attached hydrogen (secondary N) is 1. The molecule has 0 aromatic heterocycles. The number of hydrogen-bond acceptors (Lipinski definition) is 5. The number of benzene rings is 2. The van der Waals surface area contributed by atoms with E-state index in [2.05, 4.69) is 15.1 Å². The van der Waals surface area contributed by atoms with Crippen LogP contribution >= 0.6 is 0 Å². The van der Waals surface area contributed by atoms with Crippen LogP contribution in [-0.2, 0) is 4.79 Å². The van der Waals surface area contributed by atoms with Crippen molar-refractivity contribution < 1.29 is 14.3 Å². The van der Waals surface area contributed by atoms with Crippen LogP contribution in [0.5, 0.6) is 11.5 Å². The highest BCUT2D eigenvalue weighted by Gasteiger charge is 2.18.